The molecular weight excluding hydrogens is 466 g/mol. The number of aromatic nitrogens is 3. The number of thioether (sulfide) groups is 1. The van der Waals surface area contributed by atoms with E-state index >= 15 is 0 Å². The second kappa shape index (κ2) is 11.3. The lowest BCUT2D eigenvalue weighted by Gasteiger charge is -2.11. The molecule has 0 fully saturated rings. The fourth-order valence-corrected chi connectivity index (χ4v) is 3.66. The number of methoxy groups -OCH3 is 1. The van der Waals surface area contributed by atoms with Crippen molar-refractivity contribution in [2.75, 3.05) is 20.3 Å². The molecule has 0 aliphatic heterocycles. The molecule has 0 saturated heterocycles. The van der Waals surface area contributed by atoms with Gasteiger partial charge >= 0.3 is 5.97 Å². The number of nitrogens with one attached hydrogen (secondary N) is 1. The van der Waals surface area contributed by atoms with Gasteiger partial charge in [0.05, 0.1) is 19.3 Å². The fraction of sp³-hybridized carbons (Fsp3) is 0.174. The Labute approximate surface area is 199 Å². The lowest BCUT2D eigenvalue weighted by molar-refractivity contribution is -0.131. The van der Waals surface area contributed by atoms with E-state index in [-0.39, 0.29) is 16.7 Å². The predicted molar refractivity (Wildman–Crippen MR) is 127 cm³/mol. The van der Waals surface area contributed by atoms with Gasteiger partial charge in [-0.1, -0.05) is 23.6 Å². The van der Waals surface area contributed by atoms with Crippen LogP contribution in [0.2, 0.25) is 5.02 Å². The summed E-state index contributed by atoms with van der Waals surface area (Å²) in [4.78, 5) is 16.3. The molecule has 33 heavy (non-hydrogen) atoms. The molecule has 1 aromatic heterocycles. The lowest BCUT2D eigenvalue weighted by atomic mass is 10.2. The van der Waals surface area contributed by atoms with Crippen LogP contribution in [0.15, 0.2) is 46.5 Å². The maximum atomic E-state index is 11.9. The predicted octanol–water partition coefficient (Wildman–Crippen LogP) is 4.76. The molecule has 2 aromatic carbocycles. The molecule has 0 bridgehead atoms. The lowest BCUT2D eigenvalue weighted by Crippen LogP contribution is -2.00. The van der Waals surface area contributed by atoms with Crippen molar-refractivity contribution in [3.63, 3.8) is 0 Å². The second-order valence-corrected chi connectivity index (χ2v) is 7.80. The van der Waals surface area contributed by atoms with Gasteiger partial charge in [-0.2, -0.15) is 0 Å². The van der Waals surface area contributed by atoms with E-state index in [0.717, 1.165) is 11.8 Å². The number of benzene rings is 2. The zero-order valence-electron chi connectivity index (χ0n) is 17.8. The van der Waals surface area contributed by atoms with E-state index in [1.54, 1.807) is 36.4 Å². The third-order valence-electron chi connectivity index (χ3n) is 4.17. The molecule has 10 heteroatoms. The van der Waals surface area contributed by atoms with Crippen molar-refractivity contribution in [2.24, 2.45) is 0 Å². The number of ether oxygens (including phenoxy) is 3. The van der Waals surface area contributed by atoms with E-state index in [4.69, 9.17) is 32.2 Å². The second-order valence-electron chi connectivity index (χ2n) is 6.36. The number of aliphatic carboxylic acids is 1. The summed E-state index contributed by atoms with van der Waals surface area (Å²) in [6.07, 6.45) is 6.74. The number of carboxylic acids is 1. The van der Waals surface area contributed by atoms with Gasteiger partial charge in [0.25, 0.3) is 0 Å². The number of hydrogen-bond donors (Lipinski definition) is 2. The Morgan fingerprint density at radius 2 is 2.03 bits per heavy atom. The smallest absolute Gasteiger partial charge is 0.342 e. The molecule has 3 aromatic rings. The van der Waals surface area contributed by atoms with Crippen molar-refractivity contribution in [3.05, 3.63) is 51.9 Å². The monoisotopic (exact) mass is 485 g/mol. The van der Waals surface area contributed by atoms with Crippen LogP contribution >= 0.6 is 23.4 Å². The number of carbonyl (C=O) groups is 1. The largest absolute Gasteiger partial charge is 0.496 e. The van der Waals surface area contributed by atoms with E-state index in [1.165, 1.54) is 13.2 Å². The molecule has 0 saturated carbocycles. The molecule has 2 N–H and O–H groups in total. The molecule has 8 nitrogen and oxygen atoms in total. The summed E-state index contributed by atoms with van der Waals surface area (Å²) in [5.41, 5.74) is 1.21. The van der Waals surface area contributed by atoms with Gasteiger partial charge in [0.15, 0.2) is 17.3 Å². The number of hydrogen-bond acceptors (Lipinski definition) is 7. The van der Waals surface area contributed by atoms with Crippen LogP contribution in [0.5, 0.6) is 17.2 Å². The molecule has 0 unspecified atom stereocenters. The van der Waals surface area contributed by atoms with Crippen molar-refractivity contribution < 1.29 is 24.1 Å². The Morgan fingerprint density at radius 1 is 1.24 bits per heavy atom. The quantitative estimate of drug-likeness (QED) is 0.240. The van der Waals surface area contributed by atoms with Crippen LogP contribution < -0.4 is 14.2 Å². The van der Waals surface area contributed by atoms with Crippen LogP contribution in [-0.2, 0) is 4.79 Å². The number of nitrogens with zero attached hydrogens (tertiary/aromatic N) is 2. The molecule has 0 radical (unpaired) electrons. The minimum absolute atomic E-state index is 0.0124. The number of rotatable bonds is 10. The summed E-state index contributed by atoms with van der Waals surface area (Å²) in [6, 6.07) is 10.2. The average Bonchev–Trinajstić information content (AvgIpc) is 3.26. The van der Waals surface area contributed by atoms with Crippen LogP contribution in [0.25, 0.3) is 17.5 Å². The molecule has 0 amide bonds. The number of carboxylic acid groups (broad SMARTS) is 1. The summed E-state index contributed by atoms with van der Waals surface area (Å²) in [6.45, 7) is 2.34. The Hall–Kier alpha value is -3.61. The summed E-state index contributed by atoms with van der Waals surface area (Å²) < 4.78 is 16.4. The highest BCUT2D eigenvalue weighted by Crippen LogP contribution is 2.34. The topological polar surface area (TPSA) is 107 Å². The van der Waals surface area contributed by atoms with E-state index in [2.05, 4.69) is 21.1 Å². The van der Waals surface area contributed by atoms with Crippen molar-refractivity contribution >= 4 is 35.4 Å². The third kappa shape index (κ3) is 6.22. The minimum Gasteiger partial charge on any atom is -0.496 e. The van der Waals surface area contributed by atoms with Crippen LogP contribution in [0, 0.1) is 12.3 Å². The Bertz CT molecular complexity index is 1220. The normalized spacial score (nSPS) is 11.0. The van der Waals surface area contributed by atoms with Gasteiger partial charge in [0.1, 0.15) is 17.3 Å². The maximum Gasteiger partial charge on any atom is 0.342 e. The van der Waals surface area contributed by atoms with Gasteiger partial charge in [-0.25, -0.2) is 9.78 Å². The highest BCUT2D eigenvalue weighted by atomic mass is 35.5. The Kier molecular flexibility index (Phi) is 8.24. The molecule has 1 heterocycles. The van der Waals surface area contributed by atoms with Crippen molar-refractivity contribution in [2.45, 2.75) is 12.1 Å². The van der Waals surface area contributed by atoms with E-state index < -0.39 is 5.97 Å². The molecule has 0 spiro atoms. The molecular formula is C23H20ClN3O5S. The summed E-state index contributed by atoms with van der Waals surface area (Å²) >= 11 is 6.98. The number of halogens is 1. The van der Waals surface area contributed by atoms with Crippen molar-refractivity contribution in [1.29, 1.82) is 0 Å². The summed E-state index contributed by atoms with van der Waals surface area (Å²) in [5, 5.41) is 17.3. The van der Waals surface area contributed by atoms with Crippen LogP contribution in [0.1, 0.15) is 12.5 Å². The van der Waals surface area contributed by atoms with Gasteiger partial charge in [-0.3, -0.25) is 5.10 Å². The SMILES string of the molecule is C#CCOc1ccc(/C=C(\Sc2n[nH]c(-c3cc(Cl)ccc3OC)n2)C(=O)O)cc1OCC. The zero-order valence-corrected chi connectivity index (χ0v) is 19.4. The molecule has 0 atom stereocenters. The van der Waals surface area contributed by atoms with Gasteiger partial charge < -0.3 is 19.3 Å². The van der Waals surface area contributed by atoms with Crippen LogP contribution in [-0.4, -0.2) is 46.6 Å². The fourth-order valence-electron chi connectivity index (χ4n) is 2.78. The van der Waals surface area contributed by atoms with Crippen molar-refractivity contribution in [3.8, 4) is 41.0 Å². The third-order valence-corrected chi connectivity index (χ3v) is 5.28. The first-order chi connectivity index (χ1) is 15.9. The zero-order chi connectivity index (χ0) is 23.8. The highest BCUT2D eigenvalue weighted by molar-refractivity contribution is 8.04. The molecule has 0 aliphatic carbocycles. The van der Waals surface area contributed by atoms with Gasteiger partial charge in [0, 0.05) is 5.02 Å². The standard InChI is InChI=1S/C23H20ClN3O5S/c1-4-10-32-18-8-6-14(11-19(18)31-5-2)12-20(22(28)29)33-23-25-21(26-27-23)16-13-15(24)7-9-17(16)30-3/h1,6-9,11-13H,5,10H2,2-3H3,(H,28,29)(H,25,26,27)/b20-12-. The van der Waals surface area contributed by atoms with Crippen molar-refractivity contribution in [1.82, 2.24) is 15.2 Å². The Balaban J connectivity index is 1.88. The molecule has 170 valence electrons. The van der Waals surface area contributed by atoms with E-state index in [9.17, 15) is 9.90 Å². The average molecular weight is 486 g/mol. The van der Waals surface area contributed by atoms with E-state index in [1.807, 2.05) is 6.92 Å². The van der Waals surface area contributed by atoms with Gasteiger partial charge in [0.2, 0.25) is 5.16 Å². The number of terminal acetylenes is 1. The first kappa shape index (κ1) is 24.0. The Morgan fingerprint density at radius 3 is 2.73 bits per heavy atom. The van der Waals surface area contributed by atoms with Crippen LogP contribution in [0.4, 0.5) is 0 Å². The number of H-pyrrole nitrogens is 1. The van der Waals surface area contributed by atoms with E-state index in [0.29, 0.717) is 45.8 Å². The maximum absolute atomic E-state index is 11.9. The first-order valence-electron chi connectivity index (χ1n) is 9.67. The first-order valence-corrected chi connectivity index (χ1v) is 10.9. The molecule has 0 aliphatic rings. The summed E-state index contributed by atoms with van der Waals surface area (Å²) in [7, 11) is 1.53. The molecule has 3 rings (SSSR count). The van der Waals surface area contributed by atoms with Crippen LogP contribution in [0.3, 0.4) is 0 Å². The minimum atomic E-state index is -1.13. The summed E-state index contributed by atoms with van der Waals surface area (Å²) in [5.74, 6) is 3.16. The van der Waals surface area contributed by atoms with Gasteiger partial charge in [-0.15, -0.1) is 11.5 Å². The highest BCUT2D eigenvalue weighted by Gasteiger charge is 2.17. The number of aromatic amines is 1. The van der Waals surface area contributed by atoms with Gasteiger partial charge in [-0.05, 0) is 60.7 Å².